The number of nitrogens with zero attached hydrogens (tertiary/aromatic N) is 1. The summed E-state index contributed by atoms with van der Waals surface area (Å²) >= 11 is 0. The molecule has 9 heteroatoms. The van der Waals surface area contributed by atoms with Crippen molar-refractivity contribution < 1.29 is 23.1 Å². The Bertz CT molecular complexity index is 937. The standard InChI is InChI=1S/C14H9F2N3O4/c1-23-9-4-8(6(15)3-7(9)16)19-10(20)2-5-11(12(19)17)14(22)18-13(5)21/h2-4H,17H2,1H3,(H,18,21,22). The van der Waals surface area contributed by atoms with Gasteiger partial charge in [-0.05, 0) is 0 Å². The summed E-state index contributed by atoms with van der Waals surface area (Å²) in [6, 6.07) is 2.32. The lowest BCUT2D eigenvalue weighted by atomic mass is 10.1. The van der Waals surface area contributed by atoms with Gasteiger partial charge < -0.3 is 10.5 Å². The number of amides is 2. The van der Waals surface area contributed by atoms with Crippen molar-refractivity contribution in [2.45, 2.75) is 0 Å². The molecule has 2 aromatic rings. The lowest BCUT2D eigenvalue weighted by Crippen LogP contribution is -2.25. The number of benzene rings is 1. The summed E-state index contributed by atoms with van der Waals surface area (Å²) in [5.74, 6) is -4.35. The van der Waals surface area contributed by atoms with Crippen molar-refractivity contribution in [1.29, 1.82) is 0 Å². The van der Waals surface area contributed by atoms with Gasteiger partial charge in [-0.3, -0.25) is 24.3 Å². The number of nitrogens with two attached hydrogens (primary N) is 1. The number of anilines is 1. The molecule has 118 valence electrons. The summed E-state index contributed by atoms with van der Waals surface area (Å²) in [4.78, 5) is 35.5. The van der Waals surface area contributed by atoms with E-state index in [2.05, 4.69) is 0 Å². The number of hydrogen-bond donors (Lipinski definition) is 2. The molecule has 0 fully saturated rings. The van der Waals surface area contributed by atoms with Crippen LogP contribution in [0.1, 0.15) is 20.7 Å². The predicted molar refractivity (Wildman–Crippen MR) is 74.7 cm³/mol. The number of nitrogens with one attached hydrogen (secondary N) is 1. The minimum absolute atomic E-state index is 0.191. The first-order valence-corrected chi connectivity index (χ1v) is 6.29. The molecule has 1 aliphatic rings. The van der Waals surface area contributed by atoms with Gasteiger partial charge in [-0.1, -0.05) is 0 Å². The van der Waals surface area contributed by atoms with Gasteiger partial charge in [0.15, 0.2) is 17.4 Å². The second kappa shape index (κ2) is 4.90. The Labute approximate surface area is 127 Å². The molecule has 0 saturated heterocycles. The number of hydrogen-bond acceptors (Lipinski definition) is 5. The topological polar surface area (TPSA) is 103 Å². The molecule has 0 saturated carbocycles. The van der Waals surface area contributed by atoms with Crippen molar-refractivity contribution in [3.05, 3.63) is 51.3 Å². The van der Waals surface area contributed by atoms with Gasteiger partial charge in [0.25, 0.3) is 17.4 Å². The number of nitrogen functional groups attached to an aromatic ring is 1. The van der Waals surface area contributed by atoms with Crippen LogP contribution in [0.25, 0.3) is 5.69 Å². The highest BCUT2D eigenvalue weighted by molar-refractivity contribution is 6.23. The normalized spacial score (nSPS) is 13.0. The van der Waals surface area contributed by atoms with Crippen LogP contribution in [-0.4, -0.2) is 23.5 Å². The lowest BCUT2D eigenvalue weighted by molar-refractivity contribution is 0.0880. The number of rotatable bonds is 2. The SMILES string of the molecule is COc1cc(-n2c(N)c3c(cc2=O)C(=O)NC3=O)c(F)cc1F. The monoisotopic (exact) mass is 321 g/mol. The molecule has 0 bridgehead atoms. The number of carbonyl (C=O) groups is 2. The number of aromatic nitrogens is 1. The molecule has 23 heavy (non-hydrogen) atoms. The Morgan fingerprint density at radius 1 is 1.09 bits per heavy atom. The van der Waals surface area contributed by atoms with Crippen LogP contribution in [0.15, 0.2) is 23.0 Å². The number of ether oxygens (including phenoxy) is 1. The lowest BCUT2D eigenvalue weighted by Gasteiger charge is -2.14. The fourth-order valence-electron chi connectivity index (χ4n) is 2.37. The van der Waals surface area contributed by atoms with Crippen molar-refractivity contribution >= 4 is 17.6 Å². The van der Waals surface area contributed by atoms with E-state index in [9.17, 15) is 23.2 Å². The average molecular weight is 321 g/mol. The summed E-state index contributed by atoms with van der Waals surface area (Å²) in [6.07, 6.45) is 0. The Balaban J connectivity index is 2.35. The molecule has 3 N–H and O–H groups in total. The number of methoxy groups -OCH3 is 1. The van der Waals surface area contributed by atoms with Gasteiger partial charge in [0.1, 0.15) is 5.82 Å². The largest absolute Gasteiger partial charge is 0.494 e. The third kappa shape index (κ3) is 2.05. The summed E-state index contributed by atoms with van der Waals surface area (Å²) < 4.78 is 33.0. The molecule has 1 aromatic carbocycles. The highest BCUT2D eigenvalue weighted by atomic mass is 19.1. The van der Waals surface area contributed by atoms with E-state index < -0.39 is 40.5 Å². The van der Waals surface area contributed by atoms with Crippen LogP contribution >= 0.6 is 0 Å². The molecular weight excluding hydrogens is 312 g/mol. The van der Waals surface area contributed by atoms with Gasteiger partial charge in [0.05, 0.1) is 23.9 Å². The first kappa shape index (κ1) is 14.7. The van der Waals surface area contributed by atoms with Gasteiger partial charge >= 0.3 is 0 Å². The minimum atomic E-state index is -1.08. The van der Waals surface area contributed by atoms with Gasteiger partial charge in [0.2, 0.25) is 0 Å². The number of imide groups is 1. The van der Waals surface area contributed by atoms with Gasteiger partial charge in [0, 0.05) is 18.2 Å². The minimum Gasteiger partial charge on any atom is -0.494 e. The van der Waals surface area contributed by atoms with Crippen LogP contribution in [0.4, 0.5) is 14.6 Å². The smallest absolute Gasteiger partial charge is 0.262 e. The van der Waals surface area contributed by atoms with Gasteiger partial charge in [-0.15, -0.1) is 0 Å². The zero-order valence-corrected chi connectivity index (χ0v) is 11.6. The maximum absolute atomic E-state index is 14.1. The highest BCUT2D eigenvalue weighted by Crippen LogP contribution is 2.27. The van der Waals surface area contributed by atoms with Crippen molar-refractivity contribution in [3.8, 4) is 11.4 Å². The van der Waals surface area contributed by atoms with E-state index in [0.29, 0.717) is 10.6 Å². The van der Waals surface area contributed by atoms with Gasteiger partial charge in [-0.2, -0.15) is 0 Å². The molecule has 7 nitrogen and oxygen atoms in total. The molecule has 2 heterocycles. The fraction of sp³-hybridized carbons (Fsp3) is 0.0714. The van der Waals surface area contributed by atoms with E-state index in [-0.39, 0.29) is 16.9 Å². The maximum Gasteiger partial charge on any atom is 0.262 e. The Hall–Kier alpha value is -3.23. The molecule has 2 amide bonds. The van der Waals surface area contributed by atoms with Crippen LogP contribution in [0, 0.1) is 11.6 Å². The van der Waals surface area contributed by atoms with Crippen molar-refractivity contribution in [2.75, 3.05) is 12.8 Å². The second-order valence-electron chi connectivity index (χ2n) is 4.71. The molecule has 0 atom stereocenters. The third-order valence-electron chi connectivity index (χ3n) is 3.42. The summed E-state index contributed by atoms with van der Waals surface area (Å²) in [5.41, 5.74) is 4.09. The number of carbonyl (C=O) groups excluding carboxylic acids is 2. The average Bonchev–Trinajstić information content (AvgIpc) is 2.75. The second-order valence-corrected chi connectivity index (χ2v) is 4.71. The summed E-state index contributed by atoms with van der Waals surface area (Å²) in [6.45, 7) is 0. The quantitative estimate of drug-likeness (QED) is 0.788. The number of fused-ring (bicyclic) bond motifs is 1. The highest BCUT2D eigenvalue weighted by Gasteiger charge is 2.32. The molecular formula is C14H9F2N3O4. The third-order valence-corrected chi connectivity index (χ3v) is 3.42. The molecule has 0 aliphatic carbocycles. The predicted octanol–water partition coefficient (Wildman–Crippen LogP) is 0.590. The van der Waals surface area contributed by atoms with E-state index in [1.807, 2.05) is 5.32 Å². The Kier molecular flexibility index (Phi) is 3.13. The number of halogens is 2. The maximum atomic E-state index is 14.1. The molecule has 0 unspecified atom stereocenters. The molecule has 1 aromatic heterocycles. The van der Waals surface area contributed by atoms with Crippen LogP contribution in [0.2, 0.25) is 0 Å². The number of pyridine rings is 1. The van der Waals surface area contributed by atoms with Crippen LogP contribution in [0.5, 0.6) is 5.75 Å². The first-order valence-electron chi connectivity index (χ1n) is 6.29. The van der Waals surface area contributed by atoms with E-state index in [0.717, 1.165) is 12.1 Å². The van der Waals surface area contributed by atoms with Crippen LogP contribution < -0.4 is 21.3 Å². The molecule has 1 aliphatic heterocycles. The van der Waals surface area contributed by atoms with Crippen molar-refractivity contribution in [3.63, 3.8) is 0 Å². The Morgan fingerprint density at radius 2 is 1.78 bits per heavy atom. The molecule has 0 spiro atoms. The Morgan fingerprint density at radius 3 is 2.43 bits per heavy atom. The molecule has 0 radical (unpaired) electrons. The van der Waals surface area contributed by atoms with Crippen molar-refractivity contribution in [1.82, 2.24) is 9.88 Å². The van der Waals surface area contributed by atoms with Crippen molar-refractivity contribution in [2.24, 2.45) is 0 Å². The van der Waals surface area contributed by atoms with Crippen LogP contribution in [0.3, 0.4) is 0 Å². The zero-order chi connectivity index (χ0) is 16.9. The van der Waals surface area contributed by atoms with E-state index in [1.54, 1.807) is 0 Å². The fourth-order valence-corrected chi connectivity index (χ4v) is 2.37. The van der Waals surface area contributed by atoms with E-state index in [1.165, 1.54) is 7.11 Å². The first-order chi connectivity index (χ1) is 10.8. The van der Waals surface area contributed by atoms with E-state index >= 15 is 0 Å². The zero-order valence-electron chi connectivity index (χ0n) is 11.6. The van der Waals surface area contributed by atoms with E-state index in [4.69, 9.17) is 10.5 Å². The van der Waals surface area contributed by atoms with Crippen LogP contribution in [-0.2, 0) is 0 Å². The van der Waals surface area contributed by atoms with Gasteiger partial charge in [-0.25, -0.2) is 8.78 Å². The summed E-state index contributed by atoms with van der Waals surface area (Å²) in [5, 5.41) is 1.99. The summed E-state index contributed by atoms with van der Waals surface area (Å²) in [7, 11) is 1.17. The molecule has 3 rings (SSSR count).